The van der Waals surface area contributed by atoms with Crippen molar-refractivity contribution in [3.63, 3.8) is 0 Å². The van der Waals surface area contributed by atoms with Crippen molar-refractivity contribution in [3.8, 4) is 0 Å². The molecule has 1 aliphatic rings. The van der Waals surface area contributed by atoms with Crippen LogP contribution in [0.3, 0.4) is 0 Å². The van der Waals surface area contributed by atoms with E-state index in [4.69, 9.17) is 10.5 Å². The molecule has 4 heteroatoms. The van der Waals surface area contributed by atoms with Gasteiger partial charge < -0.3 is 21.1 Å². The Kier molecular flexibility index (Phi) is 8.38. The summed E-state index contributed by atoms with van der Waals surface area (Å²) in [6.07, 6.45) is 12.7. The van der Waals surface area contributed by atoms with Crippen molar-refractivity contribution in [3.05, 3.63) is 24.0 Å². The Labute approximate surface area is 123 Å². The number of hydrogen-bond acceptors (Lipinski definition) is 4. The molecule has 0 radical (unpaired) electrons. The molecule has 4 N–H and O–H groups in total. The Balaban J connectivity index is 2.39. The van der Waals surface area contributed by atoms with Gasteiger partial charge in [-0.2, -0.15) is 0 Å². The lowest BCUT2D eigenvalue weighted by Gasteiger charge is -2.25. The molecule has 116 valence electrons. The second-order valence-electron chi connectivity index (χ2n) is 5.61. The van der Waals surface area contributed by atoms with Crippen molar-refractivity contribution < 1.29 is 4.74 Å². The van der Waals surface area contributed by atoms with Crippen LogP contribution in [0.25, 0.3) is 0 Å². The zero-order valence-electron chi connectivity index (χ0n) is 13.2. The van der Waals surface area contributed by atoms with Gasteiger partial charge in [-0.1, -0.05) is 6.08 Å². The first kappa shape index (κ1) is 17.1. The molecule has 1 saturated carbocycles. The Hall–Kier alpha value is -1.00. The third-order valence-corrected chi connectivity index (χ3v) is 4.09. The summed E-state index contributed by atoms with van der Waals surface area (Å²) in [6.45, 7) is 2.82. The number of nitrogens with one attached hydrogen (secondary N) is 2. The quantitative estimate of drug-likeness (QED) is 0.638. The summed E-state index contributed by atoms with van der Waals surface area (Å²) >= 11 is 0. The molecule has 0 aromatic rings. The smallest absolute Gasteiger partial charge is 0.0571 e. The molecular formula is C16H31N3O. The topological polar surface area (TPSA) is 59.3 Å². The Morgan fingerprint density at radius 1 is 1.35 bits per heavy atom. The van der Waals surface area contributed by atoms with Crippen LogP contribution in [0.5, 0.6) is 0 Å². The van der Waals surface area contributed by atoms with Crippen molar-refractivity contribution in [2.24, 2.45) is 11.7 Å². The van der Waals surface area contributed by atoms with Crippen LogP contribution >= 0.6 is 0 Å². The van der Waals surface area contributed by atoms with Gasteiger partial charge in [0.25, 0.3) is 0 Å². The minimum Gasteiger partial charge on any atom is -0.394 e. The third-order valence-electron chi connectivity index (χ3n) is 4.09. The first-order valence-electron chi connectivity index (χ1n) is 7.70. The van der Waals surface area contributed by atoms with E-state index in [1.807, 2.05) is 20.4 Å². The molecule has 1 aliphatic carbocycles. The molecule has 0 saturated heterocycles. The van der Waals surface area contributed by atoms with E-state index in [0.29, 0.717) is 24.6 Å². The van der Waals surface area contributed by atoms with Gasteiger partial charge in [-0.3, -0.25) is 0 Å². The number of nitrogens with two attached hydrogens (primary N) is 1. The van der Waals surface area contributed by atoms with Gasteiger partial charge in [-0.05, 0) is 69.5 Å². The van der Waals surface area contributed by atoms with Crippen LogP contribution in [0.4, 0.5) is 0 Å². The molecule has 4 nitrogen and oxygen atoms in total. The lowest BCUT2D eigenvalue weighted by atomic mass is 9.87. The maximum atomic E-state index is 5.68. The minimum atomic E-state index is 0.319. The summed E-state index contributed by atoms with van der Waals surface area (Å²) in [6, 6.07) is 0.319. The number of methoxy groups -OCH3 is 1. The standard InChI is InChI=1S/C16H31N3O/c1-13(12-18-2)16(8-10-17)19-11-9-14-4-6-15(20-3)7-5-14/h9,11-12,14-16,18-19H,4-8,10,17H2,1-3H3/b11-9+,13-12-. The summed E-state index contributed by atoms with van der Waals surface area (Å²) in [4.78, 5) is 0. The number of allylic oxidation sites excluding steroid dienone is 1. The molecule has 1 unspecified atom stereocenters. The third kappa shape index (κ3) is 5.97. The zero-order chi connectivity index (χ0) is 14.8. The Morgan fingerprint density at radius 3 is 2.60 bits per heavy atom. The molecule has 0 spiro atoms. The molecule has 0 aromatic carbocycles. The fraction of sp³-hybridized carbons (Fsp3) is 0.750. The van der Waals surface area contributed by atoms with Gasteiger partial charge >= 0.3 is 0 Å². The first-order chi connectivity index (χ1) is 9.71. The lowest BCUT2D eigenvalue weighted by Crippen LogP contribution is -2.29. The van der Waals surface area contributed by atoms with Gasteiger partial charge in [0, 0.05) is 20.2 Å². The average Bonchev–Trinajstić information content (AvgIpc) is 2.47. The zero-order valence-corrected chi connectivity index (χ0v) is 13.2. The van der Waals surface area contributed by atoms with Gasteiger partial charge in [0.2, 0.25) is 0 Å². The highest BCUT2D eigenvalue weighted by atomic mass is 16.5. The minimum absolute atomic E-state index is 0.319. The Morgan fingerprint density at radius 2 is 2.05 bits per heavy atom. The molecule has 0 heterocycles. The maximum Gasteiger partial charge on any atom is 0.0571 e. The van der Waals surface area contributed by atoms with Crippen LogP contribution in [0.1, 0.15) is 39.0 Å². The van der Waals surface area contributed by atoms with Crippen LogP contribution in [-0.2, 0) is 4.74 Å². The molecule has 0 bridgehead atoms. The molecule has 0 aromatic heterocycles. The largest absolute Gasteiger partial charge is 0.394 e. The van der Waals surface area contributed by atoms with Crippen LogP contribution in [0.15, 0.2) is 24.0 Å². The monoisotopic (exact) mass is 281 g/mol. The SMILES string of the molecule is CN/C=C(/C)C(CCN)N/C=C/C1CCC(OC)CC1. The average molecular weight is 281 g/mol. The summed E-state index contributed by atoms with van der Waals surface area (Å²) in [5.74, 6) is 0.681. The molecule has 0 aliphatic heterocycles. The van der Waals surface area contributed by atoms with Crippen LogP contribution in [0.2, 0.25) is 0 Å². The number of ether oxygens (including phenoxy) is 1. The van der Waals surface area contributed by atoms with Crippen molar-refractivity contribution in [1.82, 2.24) is 10.6 Å². The summed E-state index contributed by atoms with van der Waals surface area (Å²) in [7, 11) is 3.74. The van der Waals surface area contributed by atoms with E-state index in [1.165, 1.54) is 31.3 Å². The van der Waals surface area contributed by atoms with E-state index in [-0.39, 0.29) is 0 Å². The molecule has 1 rings (SSSR count). The van der Waals surface area contributed by atoms with E-state index in [0.717, 1.165) is 6.42 Å². The lowest BCUT2D eigenvalue weighted by molar-refractivity contribution is 0.0626. The fourth-order valence-electron chi connectivity index (χ4n) is 2.76. The highest BCUT2D eigenvalue weighted by Crippen LogP contribution is 2.26. The predicted molar refractivity (Wildman–Crippen MR) is 85.3 cm³/mol. The molecule has 0 amide bonds. The van der Waals surface area contributed by atoms with Gasteiger partial charge in [0.15, 0.2) is 0 Å². The summed E-state index contributed by atoms with van der Waals surface area (Å²) in [5, 5.41) is 6.55. The van der Waals surface area contributed by atoms with E-state index in [2.05, 4.69) is 29.8 Å². The van der Waals surface area contributed by atoms with Crippen molar-refractivity contribution >= 4 is 0 Å². The van der Waals surface area contributed by atoms with E-state index >= 15 is 0 Å². The van der Waals surface area contributed by atoms with Crippen LogP contribution < -0.4 is 16.4 Å². The predicted octanol–water partition coefficient (Wildman–Crippen LogP) is 2.14. The second kappa shape index (κ2) is 9.83. The normalized spacial score (nSPS) is 25.7. The van der Waals surface area contributed by atoms with E-state index in [1.54, 1.807) is 0 Å². The van der Waals surface area contributed by atoms with Crippen molar-refractivity contribution in [2.45, 2.75) is 51.2 Å². The van der Waals surface area contributed by atoms with Gasteiger partial charge in [0.05, 0.1) is 6.10 Å². The summed E-state index contributed by atoms with van der Waals surface area (Å²) in [5.41, 5.74) is 6.97. The van der Waals surface area contributed by atoms with Crippen LogP contribution in [-0.4, -0.2) is 32.8 Å². The first-order valence-corrected chi connectivity index (χ1v) is 7.70. The van der Waals surface area contributed by atoms with Crippen molar-refractivity contribution in [1.29, 1.82) is 0 Å². The van der Waals surface area contributed by atoms with E-state index in [9.17, 15) is 0 Å². The fourth-order valence-corrected chi connectivity index (χ4v) is 2.76. The second-order valence-corrected chi connectivity index (χ2v) is 5.61. The molecular weight excluding hydrogens is 250 g/mol. The van der Waals surface area contributed by atoms with Crippen LogP contribution in [0, 0.1) is 5.92 Å². The van der Waals surface area contributed by atoms with Gasteiger partial charge in [-0.15, -0.1) is 0 Å². The summed E-state index contributed by atoms with van der Waals surface area (Å²) < 4.78 is 5.40. The highest BCUT2D eigenvalue weighted by molar-refractivity contribution is 5.08. The van der Waals surface area contributed by atoms with E-state index < -0.39 is 0 Å². The van der Waals surface area contributed by atoms with Gasteiger partial charge in [-0.25, -0.2) is 0 Å². The van der Waals surface area contributed by atoms with Gasteiger partial charge in [0.1, 0.15) is 0 Å². The molecule has 1 atom stereocenters. The van der Waals surface area contributed by atoms with Crippen molar-refractivity contribution in [2.75, 3.05) is 20.7 Å². The maximum absolute atomic E-state index is 5.68. The number of hydrogen-bond donors (Lipinski definition) is 3. The Bertz CT molecular complexity index is 307. The highest BCUT2D eigenvalue weighted by Gasteiger charge is 2.18. The number of rotatable bonds is 8. The molecule has 1 fully saturated rings. The molecule has 20 heavy (non-hydrogen) atoms.